The summed E-state index contributed by atoms with van der Waals surface area (Å²) in [7, 11) is 0. The van der Waals surface area contributed by atoms with Crippen LogP contribution >= 0.6 is 11.3 Å². The second-order valence-electron chi connectivity index (χ2n) is 5.18. The van der Waals surface area contributed by atoms with Crippen LogP contribution in [-0.4, -0.2) is 17.6 Å². The fraction of sp³-hybridized carbons (Fsp3) is 0.188. The lowest BCUT2D eigenvalue weighted by Gasteiger charge is -2.10. The van der Waals surface area contributed by atoms with Crippen LogP contribution in [0, 0.1) is 0 Å². The summed E-state index contributed by atoms with van der Waals surface area (Å²) < 4.78 is 7.02. The van der Waals surface area contributed by atoms with Gasteiger partial charge in [-0.1, -0.05) is 29.5 Å². The molecule has 2 heterocycles. The largest absolute Gasteiger partial charge is 0.488 e. The smallest absolute Gasteiger partial charge is 0.183 e. The monoisotopic (exact) mass is 297 g/mol. The van der Waals surface area contributed by atoms with Crippen molar-refractivity contribution in [3.63, 3.8) is 0 Å². The number of ether oxygens (including phenoxy) is 1. The SMILES string of the molecule is Nc1ccc2nc(NCC3Cc4ccccc4O3)sc2c1. The molecule has 1 atom stereocenters. The maximum absolute atomic E-state index is 5.92. The van der Waals surface area contributed by atoms with E-state index in [0.29, 0.717) is 0 Å². The van der Waals surface area contributed by atoms with E-state index < -0.39 is 0 Å². The number of benzene rings is 2. The molecule has 3 N–H and O–H groups in total. The van der Waals surface area contributed by atoms with Gasteiger partial charge in [0.05, 0.1) is 16.8 Å². The maximum atomic E-state index is 5.92. The number of aromatic nitrogens is 1. The summed E-state index contributed by atoms with van der Waals surface area (Å²) in [5.41, 5.74) is 8.82. The highest BCUT2D eigenvalue weighted by molar-refractivity contribution is 7.22. The quantitative estimate of drug-likeness (QED) is 0.728. The van der Waals surface area contributed by atoms with Crippen molar-refractivity contribution in [3.8, 4) is 5.75 Å². The lowest BCUT2D eigenvalue weighted by molar-refractivity contribution is 0.246. The first-order valence-electron chi connectivity index (χ1n) is 6.92. The van der Waals surface area contributed by atoms with Gasteiger partial charge in [-0.3, -0.25) is 0 Å². The zero-order valence-electron chi connectivity index (χ0n) is 11.4. The van der Waals surface area contributed by atoms with E-state index in [9.17, 15) is 0 Å². The first kappa shape index (κ1) is 12.5. The predicted octanol–water partition coefficient (Wildman–Crippen LogP) is 3.29. The molecular weight excluding hydrogens is 282 g/mol. The summed E-state index contributed by atoms with van der Waals surface area (Å²) >= 11 is 1.62. The number of para-hydroxylation sites is 1. The summed E-state index contributed by atoms with van der Waals surface area (Å²) in [6.45, 7) is 0.754. The normalized spacial score (nSPS) is 16.7. The first-order chi connectivity index (χ1) is 10.3. The van der Waals surface area contributed by atoms with Crippen LogP contribution in [-0.2, 0) is 6.42 Å². The molecule has 0 spiro atoms. The molecule has 2 aromatic carbocycles. The van der Waals surface area contributed by atoms with Crippen molar-refractivity contribution in [1.82, 2.24) is 4.98 Å². The molecule has 5 heteroatoms. The molecular formula is C16H15N3OS. The zero-order chi connectivity index (χ0) is 14.2. The summed E-state index contributed by atoms with van der Waals surface area (Å²) in [5.74, 6) is 1.00. The van der Waals surface area contributed by atoms with Crippen LogP contribution in [0.15, 0.2) is 42.5 Å². The summed E-state index contributed by atoms with van der Waals surface area (Å²) in [5, 5.41) is 4.28. The summed E-state index contributed by atoms with van der Waals surface area (Å²) in [6, 6.07) is 14.0. The number of anilines is 2. The molecule has 3 aromatic rings. The highest BCUT2D eigenvalue weighted by atomic mass is 32.1. The van der Waals surface area contributed by atoms with Crippen molar-refractivity contribution >= 4 is 32.4 Å². The van der Waals surface area contributed by atoms with Gasteiger partial charge in [-0.05, 0) is 29.8 Å². The van der Waals surface area contributed by atoms with Crippen LogP contribution < -0.4 is 15.8 Å². The van der Waals surface area contributed by atoms with E-state index in [1.165, 1.54) is 5.56 Å². The van der Waals surface area contributed by atoms with Gasteiger partial charge in [0.15, 0.2) is 5.13 Å². The highest BCUT2D eigenvalue weighted by Crippen LogP contribution is 2.30. The molecule has 1 aliphatic heterocycles. The third-order valence-corrected chi connectivity index (χ3v) is 4.58. The molecule has 1 aliphatic rings. The van der Waals surface area contributed by atoms with Gasteiger partial charge >= 0.3 is 0 Å². The van der Waals surface area contributed by atoms with E-state index in [2.05, 4.69) is 22.4 Å². The van der Waals surface area contributed by atoms with Gasteiger partial charge in [0.1, 0.15) is 11.9 Å². The Morgan fingerprint density at radius 3 is 3.10 bits per heavy atom. The number of nitrogen functional groups attached to an aromatic ring is 1. The first-order valence-corrected chi connectivity index (χ1v) is 7.74. The maximum Gasteiger partial charge on any atom is 0.183 e. The Morgan fingerprint density at radius 2 is 2.19 bits per heavy atom. The molecule has 0 radical (unpaired) electrons. The second-order valence-corrected chi connectivity index (χ2v) is 6.21. The van der Waals surface area contributed by atoms with Gasteiger partial charge in [0, 0.05) is 12.1 Å². The third-order valence-electron chi connectivity index (χ3n) is 3.61. The molecule has 0 amide bonds. The minimum absolute atomic E-state index is 0.166. The number of thiazole rings is 1. The molecule has 4 rings (SSSR count). The van der Waals surface area contributed by atoms with Crippen molar-refractivity contribution in [2.75, 3.05) is 17.6 Å². The average molecular weight is 297 g/mol. The standard InChI is InChI=1S/C16H15N3OS/c17-11-5-6-13-15(8-11)21-16(19-13)18-9-12-7-10-3-1-2-4-14(10)20-12/h1-6,8,12H,7,9,17H2,(H,18,19). The van der Waals surface area contributed by atoms with E-state index in [4.69, 9.17) is 10.5 Å². The minimum atomic E-state index is 0.166. The van der Waals surface area contributed by atoms with Gasteiger partial charge in [0.2, 0.25) is 0 Å². The Morgan fingerprint density at radius 1 is 1.29 bits per heavy atom. The molecule has 106 valence electrons. The van der Waals surface area contributed by atoms with Crippen LogP contribution in [0.4, 0.5) is 10.8 Å². The van der Waals surface area contributed by atoms with E-state index in [0.717, 1.165) is 39.8 Å². The zero-order valence-corrected chi connectivity index (χ0v) is 12.2. The van der Waals surface area contributed by atoms with Gasteiger partial charge in [-0.15, -0.1) is 0 Å². The molecule has 0 saturated heterocycles. The van der Waals surface area contributed by atoms with Crippen molar-refractivity contribution in [1.29, 1.82) is 0 Å². The Kier molecular flexibility index (Phi) is 2.93. The van der Waals surface area contributed by atoms with Gasteiger partial charge < -0.3 is 15.8 Å². The number of hydrogen-bond donors (Lipinski definition) is 2. The highest BCUT2D eigenvalue weighted by Gasteiger charge is 2.22. The van der Waals surface area contributed by atoms with Crippen LogP contribution in [0.3, 0.4) is 0 Å². The van der Waals surface area contributed by atoms with E-state index in [1.807, 2.05) is 30.3 Å². The average Bonchev–Trinajstić information content (AvgIpc) is 3.07. The number of fused-ring (bicyclic) bond motifs is 2. The summed E-state index contributed by atoms with van der Waals surface area (Å²) in [4.78, 5) is 4.56. The van der Waals surface area contributed by atoms with E-state index in [1.54, 1.807) is 11.3 Å². The number of rotatable bonds is 3. The fourth-order valence-corrected chi connectivity index (χ4v) is 3.51. The van der Waals surface area contributed by atoms with Crippen LogP contribution in [0.1, 0.15) is 5.56 Å². The van der Waals surface area contributed by atoms with Gasteiger partial charge in [-0.25, -0.2) is 4.98 Å². The predicted molar refractivity (Wildman–Crippen MR) is 87.1 cm³/mol. The number of nitrogens with one attached hydrogen (secondary N) is 1. The summed E-state index contributed by atoms with van der Waals surface area (Å²) in [6.07, 6.45) is 1.11. The van der Waals surface area contributed by atoms with Crippen LogP contribution in [0.5, 0.6) is 5.75 Å². The Labute approximate surface area is 126 Å². The Bertz CT molecular complexity index is 774. The molecule has 1 aromatic heterocycles. The molecule has 0 aliphatic carbocycles. The Balaban J connectivity index is 1.45. The lowest BCUT2D eigenvalue weighted by Crippen LogP contribution is -2.23. The molecule has 0 saturated carbocycles. The van der Waals surface area contributed by atoms with Gasteiger partial charge in [-0.2, -0.15) is 0 Å². The molecule has 21 heavy (non-hydrogen) atoms. The third kappa shape index (κ3) is 2.40. The van der Waals surface area contributed by atoms with Crippen LogP contribution in [0.25, 0.3) is 10.2 Å². The number of nitrogens with zero attached hydrogens (tertiary/aromatic N) is 1. The van der Waals surface area contributed by atoms with Crippen LogP contribution in [0.2, 0.25) is 0 Å². The van der Waals surface area contributed by atoms with Crippen molar-refractivity contribution in [3.05, 3.63) is 48.0 Å². The van der Waals surface area contributed by atoms with Crippen molar-refractivity contribution in [2.45, 2.75) is 12.5 Å². The van der Waals surface area contributed by atoms with E-state index in [-0.39, 0.29) is 6.10 Å². The molecule has 1 unspecified atom stereocenters. The number of hydrogen-bond acceptors (Lipinski definition) is 5. The lowest BCUT2D eigenvalue weighted by atomic mass is 10.1. The van der Waals surface area contributed by atoms with Crippen molar-refractivity contribution in [2.24, 2.45) is 0 Å². The van der Waals surface area contributed by atoms with Gasteiger partial charge in [0.25, 0.3) is 0 Å². The fourth-order valence-electron chi connectivity index (χ4n) is 2.59. The molecule has 0 bridgehead atoms. The minimum Gasteiger partial charge on any atom is -0.488 e. The van der Waals surface area contributed by atoms with Crippen molar-refractivity contribution < 1.29 is 4.74 Å². The molecule has 0 fully saturated rings. The topological polar surface area (TPSA) is 60.2 Å². The number of nitrogens with two attached hydrogens (primary N) is 1. The Hall–Kier alpha value is -2.27. The second kappa shape index (κ2) is 4.93. The van der Waals surface area contributed by atoms with E-state index >= 15 is 0 Å². The molecule has 4 nitrogen and oxygen atoms in total.